The molecule has 0 spiro atoms. The van der Waals surface area contributed by atoms with Crippen LogP contribution in [0.1, 0.15) is 6.92 Å². The van der Waals surface area contributed by atoms with Gasteiger partial charge < -0.3 is 10.6 Å². The number of rotatable bonds is 4. The fraction of sp³-hybridized carbons (Fsp3) is 0.400. The topological polar surface area (TPSA) is 41.1 Å². The maximum atomic E-state index is 9.69. The van der Waals surface area contributed by atoms with Gasteiger partial charge in [-0.25, -0.2) is 0 Å². The van der Waals surface area contributed by atoms with Crippen LogP contribution in [-0.4, -0.2) is 13.1 Å². The summed E-state index contributed by atoms with van der Waals surface area (Å²) in [6, 6.07) is 0. The third-order valence-corrected chi connectivity index (χ3v) is 1.13. The molecule has 2 N–H and O–H groups in total. The van der Waals surface area contributed by atoms with Crippen molar-refractivity contribution in [1.82, 2.24) is 10.6 Å². The van der Waals surface area contributed by atoms with Crippen LogP contribution in [0.15, 0.2) is 11.1 Å². The lowest BCUT2D eigenvalue weighted by molar-refractivity contribution is -0.109. The maximum Gasteiger partial charge on any atom is 0.208 e. The van der Waals surface area contributed by atoms with Gasteiger partial charge in [0.1, 0.15) is 0 Å². The molecule has 0 saturated heterocycles. The normalized spacial score (nSPS) is 10.7. The molecule has 52 valence electrons. The number of amides is 1. The molecule has 0 saturated carbocycles. The number of hydrogen-bond acceptors (Lipinski definition) is 3. The molecule has 0 aliphatic heterocycles. The molecule has 4 heteroatoms. The predicted octanol–water partition coefficient (Wildman–Crippen LogP) is 0.0706. The molecule has 9 heavy (non-hydrogen) atoms. The standard InChI is InChI=1S/C5H10N2OS/c1-5(2-9)7-3-6-4-8/h2,4,7,9H,3H2,1H3,(H,6,8)/b5-2-. The predicted molar refractivity (Wildman–Crippen MR) is 39.9 cm³/mol. The average Bonchev–Trinajstić information content (AvgIpc) is 1.89. The summed E-state index contributed by atoms with van der Waals surface area (Å²) in [6.07, 6.45) is 0.638. The van der Waals surface area contributed by atoms with E-state index < -0.39 is 0 Å². The molecule has 3 nitrogen and oxygen atoms in total. The highest BCUT2D eigenvalue weighted by Crippen LogP contribution is 1.85. The van der Waals surface area contributed by atoms with Crippen LogP contribution in [0.4, 0.5) is 0 Å². The van der Waals surface area contributed by atoms with Gasteiger partial charge in [-0.3, -0.25) is 4.79 Å². The van der Waals surface area contributed by atoms with Gasteiger partial charge in [-0.1, -0.05) is 0 Å². The molecule has 0 aromatic rings. The van der Waals surface area contributed by atoms with Gasteiger partial charge in [0.05, 0.1) is 6.67 Å². The molecule has 0 radical (unpaired) electrons. The summed E-state index contributed by atoms with van der Waals surface area (Å²) in [5.41, 5.74) is 0.924. The molecule has 0 unspecified atom stereocenters. The lowest BCUT2D eigenvalue weighted by Gasteiger charge is -2.02. The molecule has 1 amide bonds. The van der Waals surface area contributed by atoms with E-state index in [2.05, 4.69) is 23.3 Å². The number of allylic oxidation sites excluding steroid dienone is 1. The van der Waals surface area contributed by atoms with E-state index >= 15 is 0 Å². The molecule has 0 aliphatic rings. The fourth-order valence-electron chi connectivity index (χ4n) is 0.278. The van der Waals surface area contributed by atoms with Crippen molar-refractivity contribution in [2.45, 2.75) is 6.92 Å². The summed E-state index contributed by atoms with van der Waals surface area (Å²) >= 11 is 3.88. The highest BCUT2D eigenvalue weighted by atomic mass is 32.1. The Morgan fingerprint density at radius 2 is 2.44 bits per heavy atom. The van der Waals surface area contributed by atoms with Crippen LogP contribution in [-0.2, 0) is 4.79 Å². The van der Waals surface area contributed by atoms with E-state index in [0.29, 0.717) is 13.1 Å². The summed E-state index contributed by atoms with van der Waals surface area (Å²) in [4.78, 5) is 9.69. The molecular formula is C5H10N2OS. The van der Waals surface area contributed by atoms with Crippen molar-refractivity contribution in [1.29, 1.82) is 0 Å². The molecule has 0 heterocycles. The number of hydrogen-bond donors (Lipinski definition) is 3. The van der Waals surface area contributed by atoms with Crippen LogP contribution in [0, 0.1) is 0 Å². The van der Waals surface area contributed by atoms with E-state index in [-0.39, 0.29) is 0 Å². The Balaban J connectivity index is 3.17. The number of thiol groups is 1. The monoisotopic (exact) mass is 146 g/mol. The second-order valence-corrected chi connectivity index (χ2v) is 1.75. The minimum Gasteiger partial charge on any atom is -0.371 e. The highest BCUT2D eigenvalue weighted by Gasteiger charge is 1.81. The van der Waals surface area contributed by atoms with Crippen molar-refractivity contribution in [3.05, 3.63) is 11.1 Å². The minimum atomic E-state index is 0.451. The Bertz CT molecular complexity index is 114. The molecular weight excluding hydrogens is 136 g/mol. The fourth-order valence-corrected chi connectivity index (χ4v) is 0.369. The number of carbonyl (C=O) groups excluding carboxylic acids is 1. The van der Waals surface area contributed by atoms with Crippen LogP contribution >= 0.6 is 12.6 Å². The van der Waals surface area contributed by atoms with Gasteiger partial charge in [0.25, 0.3) is 0 Å². The van der Waals surface area contributed by atoms with Crippen molar-refractivity contribution in [2.24, 2.45) is 0 Å². The molecule has 0 aromatic carbocycles. The van der Waals surface area contributed by atoms with Gasteiger partial charge in [-0.05, 0) is 12.3 Å². The first kappa shape index (κ1) is 8.36. The zero-order chi connectivity index (χ0) is 7.11. The van der Waals surface area contributed by atoms with Gasteiger partial charge in [0, 0.05) is 5.70 Å². The molecule has 0 aromatic heterocycles. The first-order valence-electron chi connectivity index (χ1n) is 2.53. The van der Waals surface area contributed by atoms with Gasteiger partial charge in [0.2, 0.25) is 6.41 Å². The summed E-state index contributed by atoms with van der Waals surface area (Å²) in [5.74, 6) is 0. The smallest absolute Gasteiger partial charge is 0.208 e. The van der Waals surface area contributed by atoms with Gasteiger partial charge in [0.15, 0.2) is 0 Å². The summed E-state index contributed by atoms with van der Waals surface area (Å²) in [5, 5.41) is 6.95. The van der Waals surface area contributed by atoms with Crippen molar-refractivity contribution in [3.63, 3.8) is 0 Å². The number of carbonyl (C=O) groups is 1. The molecule has 0 bridgehead atoms. The van der Waals surface area contributed by atoms with Gasteiger partial charge in [-0.15, -0.1) is 12.6 Å². The van der Waals surface area contributed by atoms with E-state index in [1.54, 1.807) is 5.41 Å². The molecule has 0 aliphatic carbocycles. The van der Waals surface area contributed by atoms with Crippen molar-refractivity contribution >= 4 is 19.0 Å². The number of nitrogens with one attached hydrogen (secondary N) is 2. The van der Waals surface area contributed by atoms with Crippen molar-refractivity contribution < 1.29 is 4.79 Å². The molecule has 0 fully saturated rings. The van der Waals surface area contributed by atoms with Gasteiger partial charge in [-0.2, -0.15) is 0 Å². The minimum absolute atomic E-state index is 0.451. The van der Waals surface area contributed by atoms with E-state index in [4.69, 9.17) is 0 Å². The SMILES string of the molecule is C/C(=C/S)NCNC=O. The quantitative estimate of drug-likeness (QED) is 0.227. The summed E-state index contributed by atoms with van der Waals surface area (Å²) < 4.78 is 0. The first-order chi connectivity index (χ1) is 4.31. The molecule has 0 atom stereocenters. The summed E-state index contributed by atoms with van der Waals surface area (Å²) in [6.45, 7) is 2.31. The largest absolute Gasteiger partial charge is 0.371 e. The zero-order valence-electron chi connectivity index (χ0n) is 5.22. The second-order valence-electron chi connectivity index (χ2n) is 1.49. The van der Waals surface area contributed by atoms with Gasteiger partial charge >= 0.3 is 0 Å². The zero-order valence-corrected chi connectivity index (χ0v) is 6.11. The highest BCUT2D eigenvalue weighted by molar-refractivity contribution is 7.83. The molecule has 0 rings (SSSR count). The Morgan fingerprint density at radius 1 is 1.78 bits per heavy atom. The lowest BCUT2D eigenvalue weighted by Crippen LogP contribution is -2.26. The third kappa shape index (κ3) is 5.23. The summed E-state index contributed by atoms with van der Waals surface area (Å²) in [7, 11) is 0. The Hall–Kier alpha value is -0.640. The van der Waals surface area contributed by atoms with Crippen LogP contribution in [0.25, 0.3) is 0 Å². The average molecular weight is 146 g/mol. The lowest BCUT2D eigenvalue weighted by atomic mass is 10.6. The van der Waals surface area contributed by atoms with Crippen LogP contribution in [0.5, 0.6) is 0 Å². The second kappa shape index (κ2) is 5.50. The Morgan fingerprint density at radius 3 is 2.89 bits per heavy atom. The first-order valence-corrected chi connectivity index (χ1v) is 3.04. The van der Waals surface area contributed by atoms with E-state index in [1.165, 1.54) is 0 Å². The van der Waals surface area contributed by atoms with E-state index in [1.807, 2.05) is 6.92 Å². The van der Waals surface area contributed by atoms with Crippen LogP contribution in [0.2, 0.25) is 0 Å². The maximum absolute atomic E-state index is 9.69. The van der Waals surface area contributed by atoms with Crippen molar-refractivity contribution in [3.8, 4) is 0 Å². The van der Waals surface area contributed by atoms with Crippen LogP contribution in [0.3, 0.4) is 0 Å². The Labute approximate surface area is 59.9 Å². The Kier molecular flexibility index (Phi) is 5.11. The van der Waals surface area contributed by atoms with Crippen LogP contribution < -0.4 is 10.6 Å². The van der Waals surface area contributed by atoms with E-state index in [9.17, 15) is 4.79 Å². The van der Waals surface area contributed by atoms with Crippen molar-refractivity contribution in [2.75, 3.05) is 6.67 Å². The third-order valence-electron chi connectivity index (χ3n) is 0.746. The van der Waals surface area contributed by atoms with E-state index in [0.717, 1.165) is 5.70 Å².